The fourth-order valence-corrected chi connectivity index (χ4v) is 3.91. The van der Waals surface area contributed by atoms with Crippen LogP contribution in [-0.2, 0) is 0 Å². The minimum atomic E-state index is -0.550. The number of alkyl halides is 2. The third kappa shape index (κ3) is 2.14. The highest BCUT2D eigenvalue weighted by Crippen LogP contribution is 2.54. The van der Waals surface area contributed by atoms with Gasteiger partial charge in [0.2, 0.25) is 5.16 Å². The van der Waals surface area contributed by atoms with E-state index in [1.807, 2.05) is 24.3 Å². The fraction of sp³-hybridized carbons (Fsp3) is 0.308. The zero-order valence-electron chi connectivity index (χ0n) is 10.3. The molecule has 3 aromatic rings. The van der Waals surface area contributed by atoms with Crippen molar-refractivity contribution in [1.29, 1.82) is 0 Å². The Balaban J connectivity index is 1.63. The largest absolute Gasteiger partial charge is 0.338 e. The molecule has 1 aromatic carbocycles. The van der Waals surface area contributed by atoms with Crippen LogP contribution in [0, 0.1) is 5.92 Å². The van der Waals surface area contributed by atoms with Crippen molar-refractivity contribution in [3.05, 3.63) is 24.3 Å². The van der Waals surface area contributed by atoms with Gasteiger partial charge < -0.3 is 4.98 Å². The molecule has 4 nitrogen and oxygen atoms in total. The van der Waals surface area contributed by atoms with Crippen molar-refractivity contribution in [3.63, 3.8) is 0 Å². The Bertz CT molecular complexity index is 801. The summed E-state index contributed by atoms with van der Waals surface area (Å²) in [6.45, 7) is 0. The van der Waals surface area contributed by atoms with E-state index in [0.717, 1.165) is 34.2 Å². The van der Waals surface area contributed by atoms with E-state index in [4.69, 9.17) is 23.2 Å². The standard InChI is InChI=1S/C13H10Cl2N4S/c14-13(15)5-7(13)6-20-12-17-11-10(18-19-12)8-3-1-2-4-9(8)16-11/h1-4,7H,5-6H2,(H,16,17,19). The molecule has 2 aromatic heterocycles. The molecule has 7 heteroatoms. The molecule has 1 N–H and O–H groups in total. The number of fused-ring (bicyclic) bond motifs is 3. The maximum absolute atomic E-state index is 6.01. The molecule has 2 heterocycles. The van der Waals surface area contributed by atoms with Gasteiger partial charge in [-0.15, -0.1) is 33.4 Å². The minimum absolute atomic E-state index is 0.317. The SMILES string of the molecule is ClC1(Cl)CC1CSc1nnc2c(n1)[nH]c1ccccc12. The van der Waals surface area contributed by atoms with Crippen LogP contribution in [0.5, 0.6) is 0 Å². The first-order valence-corrected chi connectivity index (χ1v) is 7.99. The number of aromatic nitrogens is 4. The number of hydrogen-bond donors (Lipinski definition) is 1. The zero-order valence-corrected chi connectivity index (χ0v) is 12.6. The van der Waals surface area contributed by atoms with Crippen LogP contribution in [0.1, 0.15) is 6.42 Å². The van der Waals surface area contributed by atoms with Crippen LogP contribution in [0.25, 0.3) is 22.1 Å². The molecule has 0 aliphatic heterocycles. The summed E-state index contributed by atoms with van der Waals surface area (Å²) in [5.41, 5.74) is 2.59. The average Bonchev–Trinajstić information content (AvgIpc) is 2.90. The van der Waals surface area contributed by atoms with E-state index in [-0.39, 0.29) is 0 Å². The van der Waals surface area contributed by atoms with Gasteiger partial charge in [0.25, 0.3) is 0 Å². The Kier molecular flexibility index (Phi) is 2.84. The highest BCUT2D eigenvalue weighted by Gasteiger charge is 2.51. The van der Waals surface area contributed by atoms with Gasteiger partial charge in [0.05, 0.1) is 0 Å². The molecule has 0 spiro atoms. The number of nitrogens with one attached hydrogen (secondary N) is 1. The van der Waals surface area contributed by atoms with Crippen molar-refractivity contribution >= 4 is 57.0 Å². The second-order valence-corrected chi connectivity index (χ2v) is 7.46. The molecule has 1 aliphatic rings. The smallest absolute Gasteiger partial charge is 0.211 e. The maximum Gasteiger partial charge on any atom is 0.211 e. The van der Waals surface area contributed by atoms with Gasteiger partial charge >= 0.3 is 0 Å². The highest BCUT2D eigenvalue weighted by atomic mass is 35.5. The number of halogens is 2. The fourth-order valence-electron chi connectivity index (χ4n) is 2.19. The van der Waals surface area contributed by atoms with Crippen LogP contribution >= 0.6 is 35.0 Å². The molecule has 20 heavy (non-hydrogen) atoms. The Morgan fingerprint density at radius 3 is 2.90 bits per heavy atom. The van der Waals surface area contributed by atoms with Crippen LogP contribution in [-0.4, -0.2) is 30.3 Å². The third-order valence-electron chi connectivity index (χ3n) is 3.47. The zero-order chi connectivity index (χ0) is 13.7. The molecule has 1 aliphatic carbocycles. The summed E-state index contributed by atoms with van der Waals surface area (Å²) in [6.07, 6.45) is 0.838. The number of benzene rings is 1. The van der Waals surface area contributed by atoms with Crippen LogP contribution in [0.2, 0.25) is 0 Å². The first kappa shape index (κ1) is 12.7. The van der Waals surface area contributed by atoms with Gasteiger partial charge in [0.1, 0.15) is 9.85 Å². The van der Waals surface area contributed by atoms with Crippen LogP contribution < -0.4 is 0 Å². The van der Waals surface area contributed by atoms with E-state index >= 15 is 0 Å². The maximum atomic E-state index is 6.01. The molecular weight excluding hydrogens is 315 g/mol. The number of H-pyrrole nitrogens is 1. The van der Waals surface area contributed by atoms with Gasteiger partial charge in [-0.1, -0.05) is 30.0 Å². The lowest BCUT2D eigenvalue weighted by atomic mass is 10.2. The second kappa shape index (κ2) is 4.48. The molecule has 1 saturated carbocycles. The van der Waals surface area contributed by atoms with Gasteiger partial charge in [0.15, 0.2) is 5.65 Å². The van der Waals surface area contributed by atoms with Crippen LogP contribution in [0.4, 0.5) is 0 Å². The van der Waals surface area contributed by atoms with Crippen molar-refractivity contribution in [3.8, 4) is 0 Å². The minimum Gasteiger partial charge on any atom is -0.338 e. The summed E-state index contributed by atoms with van der Waals surface area (Å²) in [5.74, 6) is 1.14. The predicted molar refractivity (Wildman–Crippen MR) is 82.5 cm³/mol. The monoisotopic (exact) mass is 324 g/mol. The molecular formula is C13H10Cl2N4S. The van der Waals surface area contributed by atoms with E-state index in [1.165, 1.54) is 0 Å². The van der Waals surface area contributed by atoms with Crippen LogP contribution in [0.15, 0.2) is 29.4 Å². The number of para-hydroxylation sites is 1. The van der Waals surface area contributed by atoms with Crippen molar-refractivity contribution in [2.45, 2.75) is 15.9 Å². The summed E-state index contributed by atoms with van der Waals surface area (Å²) in [6, 6.07) is 7.98. The molecule has 0 amide bonds. The quantitative estimate of drug-likeness (QED) is 0.588. The lowest BCUT2D eigenvalue weighted by Gasteiger charge is -1.99. The molecule has 4 rings (SSSR count). The Labute approximate surface area is 129 Å². The molecule has 0 radical (unpaired) electrons. The van der Waals surface area contributed by atoms with E-state index < -0.39 is 4.33 Å². The van der Waals surface area contributed by atoms with Crippen molar-refractivity contribution in [2.24, 2.45) is 5.92 Å². The highest BCUT2D eigenvalue weighted by molar-refractivity contribution is 7.99. The summed E-state index contributed by atoms with van der Waals surface area (Å²) >= 11 is 13.6. The molecule has 1 unspecified atom stereocenters. The molecule has 102 valence electrons. The normalized spacial score (nSPS) is 20.6. The topological polar surface area (TPSA) is 54.5 Å². The summed E-state index contributed by atoms with van der Waals surface area (Å²) in [7, 11) is 0. The number of rotatable bonds is 3. The van der Waals surface area contributed by atoms with E-state index in [9.17, 15) is 0 Å². The van der Waals surface area contributed by atoms with E-state index in [2.05, 4.69) is 20.2 Å². The van der Waals surface area contributed by atoms with Gasteiger partial charge in [-0.3, -0.25) is 0 Å². The van der Waals surface area contributed by atoms with E-state index in [1.54, 1.807) is 11.8 Å². The summed E-state index contributed by atoms with van der Waals surface area (Å²) in [4.78, 5) is 7.77. The summed E-state index contributed by atoms with van der Waals surface area (Å²) < 4.78 is -0.550. The first-order chi connectivity index (χ1) is 9.63. The predicted octanol–water partition coefficient (Wildman–Crippen LogP) is 3.79. The molecule has 1 fully saturated rings. The number of hydrogen-bond acceptors (Lipinski definition) is 4. The van der Waals surface area contributed by atoms with Crippen molar-refractivity contribution in [1.82, 2.24) is 20.2 Å². The van der Waals surface area contributed by atoms with Gasteiger partial charge in [-0.05, 0) is 12.5 Å². The Morgan fingerprint density at radius 2 is 2.10 bits per heavy atom. The van der Waals surface area contributed by atoms with E-state index in [0.29, 0.717) is 11.1 Å². The third-order valence-corrected chi connectivity index (χ3v) is 5.40. The van der Waals surface area contributed by atoms with Gasteiger partial charge in [0, 0.05) is 22.6 Å². The van der Waals surface area contributed by atoms with Gasteiger partial charge in [-0.25, -0.2) is 4.98 Å². The Morgan fingerprint density at radius 1 is 1.30 bits per heavy atom. The lowest BCUT2D eigenvalue weighted by Crippen LogP contribution is -1.96. The lowest BCUT2D eigenvalue weighted by molar-refractivity contribution is 0.871. The average molecular weight is 325 g/mol. The number of thioether (sulfide) groups is 1. The number of nitrogens with zero attached hydrogens (tertiary/aromatic N) is 3. The van der Waals surface area contributed by atoms with Crippen molar-refractivity contribution in [2.75, 3.05) is 5.75 Å². The van der Waals surface area contributed by atoms with Crippen molar-refractivity contribution < 1.29 is 0 Å². The molecule has 0 saturated heterocycles. The Hall–Kier alpha value is -1.04. The number of aromatic amines is 1. The van der Waals surface area contributed by atoms with Crippen LogP contribution in [0.3, 0.4) is 0 Å². The van der Waals surface area contributed by atoms with Gasteiger partial charge in [-0.2, -0.15) is 0 Å². The molecule has 0 bridgehead atoms. The molecule has 1 atom stereocenters. The first-order valence-electron chi connectivity index (χ1n) is 6.25. The summed E-state index contributed by atoms with van der Waals surface area (Å²) in [5, 5.41) is 10.1. The second-order valence-electron chi connectivity index (χ2n) is 4.94.